The highest BCUT2D eigenvalue weighted by Crippen LogP contribution is 2.29. The van der Waals surface area contributed by atoms with Gasteiger partial charge in [0.2, 0.25) is 5.91 Å². The number of aryl methyl sites for hydroxylation is 1. The third-order valence-corrected chi connectivity index (χ3v) is 5.02. The molecule has 4 rings (SSSR count). The highest BCUT2D eigenvalue weighted by Gasteiger charge is 2.31. The van der Waals surface area contributed by atoms with E-state index >= 15 is 0 Å². The summed E-state index contributed by atoms with van der Waals surface area (Å²) in [5.41, 5.74) is 2.13. The first-order chi connectivity index (χ1) is 12.6. The van der Waals surface area contributed by atoms with Gasteiger partial charge in [0.1, 0.15) is 12.6 Å². The number of aromatic nitrogens is 1. The van der Waals surface area contributed by atoms with Gasteiger partial charge in [-0.1, -0.05) is 6.07 Å². The lowest BCUT2D eigenvalue weighted by molar-refractivity contribution is -0.126. The standard InChI is InChI=1S/C19H24N2O5/c1-12-2-5-16-15(8-12)21(19(23)26-16)9-18(22)20-14-6-7-24-11-17(14)25-10-13-3-4-13/h2,5,8,13-14,17H,3-4,6-7,9-11H2,1H3,(H,20,22)/t14-,17-/m1/s1. The molecule has 2 aromatic rings. The zero-order chi connectivity index (χ0) is 18.1. The van der Waals surface area contributed by atoms with Gasteiger partial charge in [0.05, 0.1) is 18.2 Å². The Labute approximate surface area is 151 Å². The molecular formula is C19H24N2O5. The Morgan fingerprint density at radius 1 is 1.35 bits per heavy atom. The molecule has 1 amide bonds. The van der Waals surface area contributed by atoms with Crippen LogP contribution in [0.2, 0.25) is 0 Å². The van der Waals surface area contributed by atoms with Crippen molar-refractivity contribution in [3.05, 3.63) is 34.3 Å². The Hall–Kier alpha value is -2.12. The molecule has 2 heterocycles. The van der Waals surface area contributed by atoms with Crippen LogP contribution in [-0.2, 0) is 20.8 Å². The summed E-state index contributed by atoms with van der Waals surface area (Å²) in [6.45, 7) is 3.69. The van der Waals surface area contributed by atoms with Crippen LogP contribution in [0.25, 0.3) is 11.1 Å². The Bertz CT molecular complexity index is 851. The Kier molecular flexibility index (Phi) is 4.82. The topological polar surface area (TPSA) is 82.7 Å². The van der Waals surface area contributed by atoms with Crippen LogP contribution in [0.5, 0.6) is 0 Å². The lowest BCUT2D eigenvalue weighted by atomic mass is 10.1. The van der Waals surface area contributed by atoms with E-state index in [0.717, 1.165) is 12.2 Å². The summed E-state index contributed by atoms with van der Waals surface area (Å²) in [5, 5.41) is 3.01. The molecule has 2 atom stereocenters. The minimum absolute atomic E-state index is 0.0675. The zero-order valence-corrected chi connectivity index (χ0v) is 14.9. The predicted molar refractivity (Wildman–Crippen MR) is 95.0 cm³/mol. The fraction of sp³-hybridized carbons (Fsp3) is 0.579. The number of benzene rings is 1. The average molecular weight is 360 g/mol. The van der Waals surface area contributed by atoms with Gasteiger partial charge in [0, 0.05) is 13.2 Å². The Morgan fingerprint density at radius 3 is 3.00 bits per heavy atom. The monoisotopic (exact) mass is 360 g/mol. The molecule has 1 aromatic heterocycles. The maximum Gasteiger partial charge on any atom is 0.420 e. The normalized spacial score (nSPS) is 23.3. The molecule has 1 aliphatic heterocycles. The molecule has 0 spiro atoms. The van der Waals surface area contributed by atoms with Gasteiger partial charge in [-0.2, -0.15) is 0 Å². The second-order valence-electron chi connectivity index (χ2n) is 7.28. The van der Waals surface area contributed by atoms with Crippen molar-refractivity contribution in [3.8, 4) is 0 Å². The number of nitrogens with zero attached hydrogens (tertiary/aromatic N) is 1. The number of amides is 1. The quantitative estimate of drug-likeness (QED) is 0.846. The molecular weight excluding hydrogens is 336 g/mol. The van der Waals surface area contributed by atoms with E-state index in [9.17, 15) is 9.59 Å². The lowest BCUT2D eigenvalue weighted by Crippen LogP contribution is -2.51. The summed E-state index contributed by atoms with van der Waals surface area (Å²) in [4.78, 5) is 24.6. The molecule has 140 valence electrons. The number of fused-ring (bicyclic) bond motifs is 1. The molecule has 1 aliphatic carbocycles. The summed E-state index contributed by atoms with van der Waals surface area (Å²) in [6, 6.07) is 5.38. The molecule has 1 aromatic carbocycles. The number of nitrogens with one attached hydrogen (secondary N) is 1. The van der Waals surface area contributed by atoms with Crippen LogP contribution < -0.4 is 11.1 Å². The molecule has 0 bridgehead atoms. The number of hydrogen-bond donors (Lipinski definition) is 1. The lowest BCUT2D eigenvalue weighted by Gasteiger charge is -2.32. The summed E-state index contributed by atoms with van der Waals surface area (Å²) in [7, 11) is 0. The largest absolute Gasteiger partial charge is 0.420 e. The predicted octanol–water partition coefficient (Wildman–Crippen LogP) is 1.60. The van der Waals surface area contributed by atoms with Crippen LogP contribution in [0.15, 0.2) is 27.4 Å². The van der Waals surface area contributed by atoms with Crippen molar-refractivity contribution in [2.24, 2.45) is 5.92 Å². The summed E-state index contributed by atoms with van der Waals surface area (Å²) in [6.07, 6.45) is 3.02. The van der Waals surface area contributed by atoms with Crippen molar-refractivity contribution < 1.29 is 18.7 Å². The second kappa shape index (κ2) is 7.25. The van der Waals surface area contributed by atoms with Gasteiger partial charge in [-0.3, -0.25) is 9.36 Å². The van der Waals surface area contributed by atoms with E-state index in [1.165, 1.54) is 17.4 Å². The van der Waals surface area contributed by atoms with E-state index in [-0.39, 0.29) is 24.6 Å². The van der Waals surface area contributed by atoms with Gasteiger partial charge < -0.3 is 19.2 Å². The zero-order valence-electron chi connectivity index (χ0n) is 14.9. The highest BCUT2D eigenvalue weighted by atomic mass is 16.5. The van der Waals surface area contributed by atoms with Crippen molar-refractivity contribution >= 4 is 17.0 Å². The maximum atomic E-state index is 12.5. The number of oxazole rings is 1. The number of hydrogen-bond acceptors (Lipinski definition) is 5. The van der Waals surface area contributed by atoms with Gasteiger partial charge in [0.15, 0.2) is 5.58 Å². The van der Waals surface area contributed by atoms with E-state index in [0.29, 0.717) is 36.7 Å². The SMILES string of the molecule is Cc1ccc2oc(=O)n(CC(=O)N[C@@H]3CCOC[C@H]3OCC3CC3)c2c1. The fourth-order valence-corrected chi connectivity index (χ4v) is 3.30. The number of carbonyl (C=O) groups excluding carboxylic acids is 1. The molecule has 7 nitrogen and oxygen atoms in total. The van der Waals surface area contributed by atoms with Crippen molar-refractivity contribution in [3.63, 3.8) is 0 Å². The first-order valence-electron chi connectivity index (χ1n) is 9.19. The molecule has 1 saturated heterocycles. The van der Waals surface area contributed by atoms with Crippen LogP contribution in [-0.4, -0.2) is 42.4 Å². The maximum absolute atomic E-state index is 12.5. The van der Waals surface area contributed by atoms with Crippen molar-refractivity contribution in [1.82, 2.24) is 9.88 Å². The van der Waals surface area contributed by atoms with Gasteiger partial charge in [0.25, 0.3) is 0 Å². The molecule has 7 heteroatoms. The smallest absolute Gasteiger partial charge is 0.408 e. The minimum Gasteiger partial charge on any atom is -0.408 e. The van der Waals surface area contributed by atoms with E-state index in [4.69, 9.17) is 13.9 Å². The summed E-state index contributed by atoms with van der Waals surface area (Å²) >= 11 is 0. The number of ether oxygens (including phenoxy) is 2. The molecule has 1 saturated carbocycles. The van der Waals surface area contributed by atoms with Gasteiger partial charge in [-0.05, 0) is 49.8 Å². The number of carbonyl (C=O) groups is 1. The van der Waals surface area contributed by atoms with E-state index in [2.05, 4.69) is 5.32 Å². The van der Waals surface area contributed by atoms with Crippen molar-refractivity contribution in [2.45, 2.75) is 44.9 Å². The van der Waals surface area contributed by atoms with Crippen LogP contribution in [0.3, 0.4) is 0 Å². The Balaban J connectivity index is 1.43. The third-order valence-electron chi connectivity index (χ3n) is 5.02. The summed E-state index contributed by atoms with van der Waals surface area (Å²) < 4.78 is 18.0. The highest BCUT2D eigenvalue weighted by molar-refractivity contribution is 5.80. The third kappa shape index (κ3) is 3.83. The summed E-state index contributed by atoms with van der Waals surface area (Å²) in [5.74, 6) is -0.0788. The van der Waals surface area contributed by atoms with Crippen LogP contribution in [0, 0.1) is 12.8 Å². The molecule has 0 radical (unpaired) electrons. The van der Waals surface area contributed by atoms with Gasteiger partial charge in [-0.15, -0.1) is 0 Å². The van der Waals surface area contributed by atoms with Crippen LogP contribution >= 0.6 is 0 Å². The molecule has 2 aliphatic rings. The Morgan fingerprint density at radius 2 is 2.19 bits per heavy atom. The molecule has 2 fully saturated rings. The minimum atomic E-state index is -0.519. The van der Waals surface area contributed by atoms with Crippen molar-refractivity contribution in [2.75, 3.05) is 19.8 Å². The first kappa shape index (κ1) is 17.3. The molecule has 26 heavy (non-hydrogen) atoms. The van der Waals surface area contributed by atoms with E-state index < -0.39 is 5.76 Å². The molecule has 0 unspecified atom stereocenters. The average Bonchev–Trinajstić information content (AvgIpc) is 3.40. The molecule has 1 N–H and O–H groups in total. The van der Waals surface area contributed by atoms with Gasteiger partial charge in [-0.25, -0.2) is 4.79 Å². The van der Waals surface area contributed by atoms with E-state index in [1.807, 2.05) is 19.1 Å². The van der Waals surface area contributed by atoms with Crippen LogP contribution in [0.4, 0.5) is 0 Å². The van der Waals surface area contributed by atoms with Gasteiger partial charge >= 0.3 is 5.76 Å². The number of rotatable bonds is 6. The second-order valence-corrected chi connectivity index (χ2v) is 7.28. The first-order valence-corrected chi connectivity index (χ1v) is 9.19. The van der Waals surface area contributed by atoms with Crippen LogP contribution in [0.1, 0.15) is 24.8 Å². The fourth-order valence-electron chi connectivity index (χ4n) is 3.30. The van der Waals surface area contributed by atoms with E-state index in [1.54, 1.807) is 6.07 Å². The van der Waals surface area contributed by atoms with Crippen molar-refractivity contribution in [1.29, 1.82) is 0 Å².